The second kappa shape index (κ2) is 12.1. The molecule has 0 radical (unpaired) electrons. The number of carbonyl (C=O) groups excluding carboxylic acids is 2. The van der Waals surface area contributed by atoms with Crippen LogP contribution in [0.25, 0.3) is 0 Å². The van der Waals surface area contributed by atoms with Crippen LogP contribution in [0, 0.1) is 5.82 Å². The van der Waals surface area contributed by atoms with E-state index < -0.39 is 6.04 Å². The zero-order valence-corrected chi connectivity index (χ0v) is 22.0. The Balaban J connectivity index is 1.22. The second-order valence-corrected chi connectivity index (χ2v) is 10.0. The number of carbonyl (C=O) groups is 2. The summed E-state index contributed by atoms with van der Waals surface area (Å²) in [7, 11) is 0. The molecule has 1 atom stereocenters. The number of amides is 2. The third-order valence-corrected chi connectivity index (χ3v) is 7.29. The highest BCUT2D eigenvalue weighted by atomic mass is 19.1. The lowest BCUT2D eigenvalue weighted by atomic mass is 9.94. The van der Waals surface area contributed by atoms with Crippen molar-refractivity contribution >= 4 is 11.8 Å². The van der Waals surface area contributed by atoms with Gasteiger partial charge in [-0.05, 0) is 30.0 Å². The minimum Gasteiger partial charge on any atom is -0.344 e. The molecule has 1 aliphatic heterocycles. The molecule has 202 valence electrons. The number of piperidine rings is 1. The minimum absolute atomic E-state index is 0.116. The maximum atomic E-state index is 14.3. The average Bonchev–Trinajstić information content (AvgIpc) is 3.59. The summed E-state index contributed by atoms with van der Waals surface area (Å²) in [6.45, 7) is 3.84. The van der Waals surface area contributed by atoms with E-state index in [2.05, 4.69) is 36.6 Å². The molecule has 3 heterocycles. The second-order valence-electron chi connectivity index (χ2n) is 10.0. The summed E-state index contributed by atoms with van der Waals surface area (Å²) in [6, 6.07) is 15.8. The first-order valence-corrected chi connectivity index (χ1v) is 13.3. The van der Waals surface area contributed by atoms with Gasteiger partial charge in [0.05, 0.1) is 6.54 Å². The molecule has 8 nitrogen and oxygen atoms in total. The van der Waals surface area contributed by atoms with Crippen molar-refractivity contribution in [2.75, 3.05) is 13.1 Å². The van der Waals surface area contributed by atoms with Crippen molar-refractivity contribution in [1.82, 2.24) is 29.3 Å². The van der Waals surface area contributed by atoms with Crippen LogP contribution in [0.4, 0.5) is 4.39 Å². The van der Waals surface area contributed by atoms with Crippen molar-refractivity contribution in [1.29, 1.82) is 0 Å². The molecule has 1 unspecified atom stereocenters. The van der Waals surface area contributed by atoms with E-state index in [1.807, 2.05) is 43.0 Å². The van der Waals surface area contributed by atoms with E-state index in [0.717, 1.165) is 31.0 Å². The zero-order valence-electron chi connectivity index (χ0n) is 22.0. The van der Waals surface area contributed by atoms with Gasteiger partial charge in [0.1, 0.15) is 23.5 Å². The van der Waals surface area contributed by atoms with Gasteiger partial charge in [0.15, 0.2) is 0 Å². The van der Waals surface area contributed by atoms with Crippen molar-refractivity contribution in [3.8, 4) is 0 Å². The van der Waals surface area contributed by atoms with Gasteiger partial charge in [-0.15, -0.1) is 0 Å². The SMILES string of the molecule is CC(=O)NC(Cc1ccccc1F)C(=O)N1CCC(c2nccn2Cc2nccn2Cc2ccccc2)CC1. The van der Waals surface area contributed by atoms with Crippen LogP contribution in [0.1, 0.15) is 48.5 Å². The van der Waals surface area contributed by atoms with Gasteiger partial charge in [-0.2, -0.15) is 0 Å². The topological polar surface area (TPSA) is 85.1 Å². The number of hydrogen-bond donors (Lipinski definition) is 1. The maximum Gasteiger partial charge on any atom is 0.245 e. The highest BCUT2D eigenvalue weighted by Crippen LogP contribution is 2.28. The Bertz CT molecular complexity index is 1410. The molecule has 1 fully saturated rings. The third-order valence-electron chi connectivity index (χ3n) is 7.29. The van der Waals surface area contributed by atoms with Crippen LogP contribution in [-0.4, -0.2) is 54.9 Å². The van der Waals surface area contributed by atoms with Crippen molar-refractivity contribution < 1.29 is 14.0 Å². The zero-order chi connectivity index (χ0) is 27.2. The Morgan fingerprint density at radius 2 is 1.64 bits per heavy atom. The van der Waals surface area contributed by atoms with E-state index in [4.69, 9.17) is 0 Å². The Labute approximate surface area is 227 Å². The molecule has 2 amide bonds. The number of benzene rings is 2. The molecule has 0 spiro atoms. The Kier molecular flexibility index (Phi) is 8.15. The van der Waals surface area contributed by atoms with Crippen molar-refractivity contribution in [2.45, 2.75) is 51.2 Å². The largest absolute Gasteiger partial charge is 0.344 e. The summed E-state index contributed by atoms with van der Waals surface area (Å²) in [5, 5.41) is 2.73. The predicted molar refractivity (Wildman–Crippen MR) is 145 cm³/mol. The van der Waals surface area contributed by atoms with Crippen LogP contribution >= 0.6 is 0 Å². The van der Waals surface area contributed by atoms with Crippen molar-refractivity contribution in [3.05, 3.63) is 108 Å². The highest BCUT2D eigenvalue weighted by Gasteiger charge is 2.31. The molecule has 1 N–H and O–H groups in total. The van der Waals surface area contributed by atoms with Gasteiger partial charge in [-0.25, -0.2) is 14.4 Å². The summed E-state index contributed by atoms with van der Waals surface area (Å²) in [5.41, 5.74) is 1.62. The normalized spacial score (nSPS) is 14.8. The van der Waals surface area contributed by atoms with Crippen LogP contribution in [0.15, 0.2) is 79.4 Å². The fourth-order valence-electron chi connectivity index (χ4n) is 5.29. The summed E-state index contributed by atoms with van der Waals surface area (Å²) in [5.74, 6) is 1.27. The lowest BCUT2D eigenvalue weighted by Gasteiger charge is -2.34. The van der Waals surface area contributed by atoms with Crippen LogP contribution in [0.3, 0.4) is 0 Å². The molecule has 2 aromatic carbocycles. The first kappa shape index (κ1) is 26.3. The van der Waals surface area contributed by atoms with Gasteiger partial charge >= 0.3 is 0 Å². The molecule has 9 heteroatoms. The summed E-state index contributed by atoms with van der Waals surface area (Å²) in [4.78, 5) is 36.2. The van der Waals surface area contributed by atoms with E-state index >= 15 is 0 Å². The van der Waals surface area contributed by atoms with Gasteiger partial charge < -0.3 is 19.4 Å². The molecule has 1 saturated heterocycles. The summed E-state index contributed by atoms with van der Waals surface area (Å²) >= 11 is 0. The fourth-order valence-corrected chi connectivity index (χ4v) is 5.29. The number of nitrogens with zero attached hydrogens (tertiary/aromatic N) is 5. The Hall–Kier alpha value is -4.27. The number of rotatable bonds is 9. The molecule has 0 bridgehead atoms. The van der Waals surface area contributed by atoms with Gasteiger partial charge in [0, 0.05) is 63.7 Å². The summed E-state index contributed by atoms with van der Waals surface area (Å²) in [6.07, 6.45) is 9.25. The molecule has 4 aromatic rings. The lowest BCUT2D eigenvalue weighted by molar-refractivity contribution is -0.137. The van der Waals surface area contributed by atoms with E-state index in [9.17, 15) is 14.0 Å². The number of nitrogens with one attached hydrogen (secondary N) is 1. The van der Waals surface area contributed by atoms with E-state index in [1.165, 1.54) is 18.6 Å². The summed E-state index contributed by atoms with van der Waals surface area (Å²) < 4.78 is 18.5. The van der Waals surface area contributed by atoms with Crippen LogP contribution in [0.2, 0.25) is 0 Å². The number of hydrogen-bond acceptors (Lipinski definition) is 4. The van der Waals surface area contributed by atoms with Gasteiger partial charge in [-0.3, -0.25) is 9.59 Å². The molecule has 39 heavy (non-hydrogen) atoms. The molecule has 2 aromatic heterocycles. The molecule has 0 saturated carbocycles. The van der Waals surface area contributed by atoms with Crippen LogP contribution in [0.5, 0.6) is 0 Å². The predicted octanol–water partition coefficient (Wildman–Crippen LogP) is 3.77. The highest BCUT2D eigenvalue weighted by molar-refractivity contribution is 5.87. The van der Waals surface area contributed by atoms with E-state index in [0.29, 0.717) is 25.2 Å². The average molecular weight is 529 g/mol. The third kappa shape index (κ3) is 6.42. The first-order chi connectivity index (χ1) is 19.0. The van der Waals surface area contributed by atoms with Gasteiger partial charge in [-0.1, -0.05) is 48.5 Å². The molecule has 5 rings (SSSR count). The molecular formula is C30H33FN6O2. The molecular weight excluding hydrogens is 495 g/mol. The monoisotopic (exact) mass is 528 g/mol. The molecule has 1 aliphatic rings. The number of aromatic nitrogens is 4. The molecule has 0 aliphatic carbocycles. The number of halogens is 1. The van der Waals surface area contributed by atoms with Crippen molar-refractivity contribution in [3.63, 3.8) is 0 Å². The number of imidazole rings is 2. The van der Waals surface area contributed by atoms with Gasteiger partial charge in [0.25, 0.3) is 0 Å². The van der Waals surface area contributed by atoms with Crippen LogP contribution < -0.4 is 5.32 Å². The number of likely N-dealkylation sites (tertiary alicyclic amines) is 1. The Morgan fingerprint density at radius 3 is 2.38 bits per heavy atom. The van der Waals surface area contributed by atoms with Gasteiger partial charge in [0.2, 0.25) is 11.8 Å². The first-order valence-electron chi connectivity index (χ1n) is 13.3. The van der Waals surface area contributed by atoms with E-state index in [-0.39, 0.29) is 30.0 Å². The maximum absolute atomic E-state index is 14.3. The quantitative estimate of drug-likeness (QED) is 0.359. The standard InChI is InChI=1S/C30H33FN6O2/c1-22(38)34-27(19-25-9-5-6-10-26(25)31)30(39)35-15-11-24(12-16-35)29-33-14-18-37(29)21-28-32-13-17-36(28)20-23-7-3-2-4-8-23/h2-10,13-14,17-18,24,27H,11-12,15-16,19-21H2,1H3,(H,34,38). The smallest absolute Gasteiger partial charge is 0.245 e. The lowest BCUT2D eigenvalue weighted by Crippen LogP contribution is -2.51. The minimum atomic E-state index is -0.804. The van der Waals surface area contributed by atoms with Crippen molar-refractivity contribution in [2.24, 2.45) is 0 Å². The Morgan fingerprint density at radius 1 is 0.949 bits per heavy atom. The van der Waals surface area contributed by atoms with Crippen LogP contribution in [-0.2, 0) is 29.1 Å². The fraction of sp³-hybridized carbons (Fsp3) is 0.333. The van der Waals surface area contributed by atoms with E-state index in [1.54, 1.807) is 23.1 Å².